The molecule has 7 nitrogen and oxygen atoms in total. The highest BCUT2D eigenvalue weighted by Crippen LogP contribution is 2.24. The van der Waals surface area contributed by atoms with Crippen LogP contribution in [0.2, 0.25) is 0 Å². The number of halogens is 1. The second kappa shape index (κ2) is 16.7. The Hall–Kier alpha value is -3.12. The summed E-state index contributed by atoms with van der Waals surface area (Å²) in [5, 5.41) is 15.5. The summed E-state index contributed by atoms with van der Waals surface area (Å²) < 4.78 is 26.5. The van der Waals surface area contributed by atoms with Gasteiger partial charge in [0, 0.05) is 20.0 Å². The van der Waals surface area contributed by atoms with Crippen molar-refractivity contribution in [2.24, 2.45) is 5.92 Å². The number of nitrogens with zero attached hydrogens (tertiary/aromatic N) is 1. The summed E-state index contributed by atoms with van der Waals surface area (Å²) in [4.78, 5) is 23.8. The van der Waals surface area contributed by atoms with E-state index in [9.17, 15) is 14.9 Å². The first-order chi connectivity index (χ1) is 18.4. The van der Waals surface area contributed by atoms with Crippen LogP contribution in [-0.4, -0.2) is 57.8 Å². The van der Waals surface area contributed by atoms with E-state index in [1.807, 2.05) is 45.2 Å². The first-order valence-corrected chi connectivity index (χ1v) is 13.2. The standard InChI is InChI=1S/C30H40FN3O4/c1-5-21(2)29(38-20-27(37-4)13-14-33-3)30(36)34-26(19-32)17-25-12-11-24(18-28(25)31)23-10-6-8-22(16-23)9-7-15-35/h6,8,10-12,15-16,18,21,26-27,29,33H,5,7,9,13-14,17,20H2,1-4H3,(H,34,36). The quantitative estimate of drug-likeness (QED) is 0.300. The van der Waals surface area contributed by atoms with Crippen molar-refractivity contribution in [2.45, 2.75) is 64.2 Å². The van der Waals surface area contributed by atoms with E-state index >= 15 is 4.39 Å². The summed E-state index contributed by atoms with van der Waals surface area (Å²) >= 11 is 0. The predicted octanol–water partition coefficient (Wildman–Crippen LogP) is 4.23. The lowest BCUT2D eigenvalue weighted by atomic mass is 9.97. The highest BCUT2D eigenvalue weighted by atomic mass is 19.1. The van der Waals surface area contributed by atoms with Gasteiger partial charge in [-0.3, -0.25) is 4.79 Å². The van der Waals surface area contributed by atoms with Crippen molar-refractivity contribution in [1.82, 2.24) is 10.6 Å². The van der Waals surface area contributed by atoms with E-state index in [0.717, 1.165) is 36.8 Å². The van der Waals surface area contributed by atoms with Gasteiger partial charge in [0.25, 0.3) is 0 Å². The Kier molecular flexibility index (Phi) is 13.6. The number of methoxy groups -OCH3 is 1. The van der Waals surface area contributed by atoms with Gasteiger partial charge in [-0.25, -0.2) is 4.39 Å². The maximum Gasteiger partial charge on any atom is 0.250 e. The maximum absolute atomic E-state index is 15.1. The molecule has 0 fully saturated rings. The van der Waals surface area contributed by atoms with Crippen LogP contribution in [-0.2, 0) is 31.9 Å². The number of ether oxygens (including phenoxy) is 2. The van der Waals surface area contributed by atoms with Crippen molar-refractivity contribution in [3.8, 4) is 17.2 Å². The first kappa shape index (κ1) is 31.1. The van der Waals surface area contributed by atoms with Gasteiger partial charge in [-0.15, -0.1) is 0 Å². The lowest BCUT2D eigenvalue weighted by molar-refractivity contribution is -0.139. The second-order valence-electron chi connectivity index (χ2n) is 9.50. The minimum Gasteiger partial charge on any atom is -0.379 e. The molecule has 0 bridgehead atoms. The van der Waals surface area contributed by atoms with Gasteiger partial charge < -0.3 is 24.9 Å². The predicted molar refractivity (Wildman–Crippen MR) is 146 cm³/mol. The fourth-order valence-corrected chi connectivity index (χ4v) is 4.13. The highest BCUT2D eigenvalue weighted by Gasteiger charge is 2.28. The number of aldehydes is 1. The third-order valence-corrected chi connectivity index (χ3v) is 6.69. The fraction of sp³-hybridized carbons (Fsp3) is 0.500. The van der Waals surface area contributed by atoms with Crippen LogP contribution in [0.4, 0.5) is 4.39 Å². The molecule has 2 aromatic rings. The van der Waals surface area contributed by atoms with Crippen molar-refractivity contribution in [1.29, 1.82) is 5.26 Å². The molecule has 0 aliphatic heterocycles. The van der Waals surface area contributed by atoms with Crippen LogP contribution >= 0.6 is 0 Å². The van der Waals surface area contributed by atoms with E-state index in [0.29, 0.717) is 24.0 Å². The third-order valence-electron chi connectivity index (χ3n) is 6.69. The van der Waals surface area contributed by atoms with E-state index < -0.39 is 23.9 Å². The van der Waals surface area contributed by atoms with Crippen LogP contribution in [0.1, 0.15) is 44.2 Å². The summed E-state index contributed by atoms with van der Waals surface area (Å²) in [6, 6.07) is 13.7. The summed E-state index contributed by atoms with van der Waals surface area (Å²) in [5.41, 5.74) is 2.89. The molecule has 0 heterocycles. The van der Waals surface area contributed by atoms with Gasteiger partial charge in [0.15, 0.2) is 0 Å². The number of carbonyl (C=O) groups is 2. The van der Waals surface area contributed by atoms with Crippen molar-refractivity contribution in [3.05, 3.63) is 59.4 Å². The zero-order valence-electron chi connectivity index (χ0n) is 22.8. The van der Waals surface area contributed by atoms with E-state index in [-0.39, 0.29) is 25.0 Å². The number of rotatable bonds is 17. The molecule has 38 heavy (non-hydrogen) atoms. The van der Waals surface area contributed by atoms with Crippen molar-refractivity contribution < 1.29 is 23.5 Å². The molecule has 4 atom stereocenters. The summed E-state index contributed by atoms with van der Waals surface area (Å²) in [7, 11) is 3.47. The maximum atomic E-state index is 15.1. The van der Waals surface area contributed by atoms with Crippen molar-refractivity contribution >= 4 is 12.2 Å². The Morgan fingerprint density at radius 1 is 1.21 bits per heavy atom. The zero-order chi connectivity index (χ0) is 27.9. The Labute approximate surface area is 225 Å². The summed E-state index contributed by atoms with van der Waals surface area (Å²) in [6.45, 7) is 4.91. The molecule has 0 saturated carbocycles. The van der Waals surface area contributed by atoms with Crippen molar-refractivity contribution in [3.63, 3.8) is 0 Å². The Bertz CT molecular complexity index is 1070. The number of aryl methyl sites for hydroxylation is 1. The smallest absolute Gasteiger partial charge is 0.250 e. The average Bonchev–Trinajstić information content (AvgIpc) is 2.94. The SMILES string of the molecule is CCC(C)C(OCC(CCNC)OC)C(=O)NC(C#N)Cc1ccc(-c2cccc(CCC=O)c2)cc1F. The first-order valence-electron chi connectivity index (χ1n) is 13.2. The number of benzene rings is 2. The third kappa shape index (κ3) is 9.64. The number of nitrogens with one attached hydrogen (secondary N) is 2. The van der Waals surface area contributed by atoms with Crippen LogP contribution in [0, 0.1) is 23.1 Å². The molecule has 0 aliphatic carbocycles. The van der Waals surface area contributed by atoms with Gasteiger partial charge in [0.2, 0.25) is 5.91 Å². The minimum absolute atomic E-state index is 0.0316. The van der Waals surface area contributed by atoms with Gasteiger partial charge in [-0.2, -0.15) is 5.26 Å². The Morgan fingerprint density at radius 3 is 2.61 bits per heavy atom. The number of amides is 1. The van der Waals surface area contributed by atoms with Crippen LogP contribution in [0.15, 0.2) is 42.5 Å². The molecule has 8 heteroatoms. The largest absolute Gasteiger partial charge is 0.379 e. The van der Waals surface area contributed by atoms with E-state index in [2.05, 4.69) is 16.7 Å². The summed E-state index contributed by atoms with van der Waals surface area (Å²) in [5.74, 6) is -0.912. The second-order valence-corrected chi connectivity index (χ2v) is 9.50. The van der Waals surface area contributed by atoms with Crippen LogP contribution in [0.3, 0.4) is 0 Å². The molecular weight excluding hydrogens is 485 g/mol. The number of nitriles is 1. The van der Waals surface area contributed by atoms with E-state index in [1.54, 1.807) is 19.2 Å². The van der Waals surface area contributed by atoms with Crippen molar-refractivity contribution in [2.75, 3.05) is 27.3 Å². The van der Waals surface area contributed by atoms with Gasteiger partial charge in [0.05, 0.1) is 18.8 Å². The molecule has 0 aromatic heterocycles. The highest BCUT2D eigenvalue weighted by molar-refractivity contribution is 5.81. The Balaban J connectivity index is 2.08. The molecule has 2 N–H and O–H groups in total. The lowest BCUT2D eigenvalue weighted by Crippen LogP contribution is -2.46. The fourth-order valence-electron chi connectivity index (χ4n) is 4.13. The molecular formula is C30H40FN3O4. The normalized spacial score (nSPS) is 14.2. The number of hydrogen-bond acceptors (Lipinski definition) is 6. The molecule has 2 aromatic carbocycles. The van der Waals surface area contributed by atoms with Gasteiger partial charge in [-0.1, -0.05) is 56.7 Å². The summed E-state index contributed by atoms with van der Waals surface area (Å²) in [6.07, 6.45) is 2.52. The molecule has 1 amide bonds. The minimum atomic E-state index is -0.910. The van der Waals surface area contributed by atoms with Crippen LogP contribution < -0.4 is 10.6 Å². The topological polar surface area (TPSA) is 100 Å². The Morgan fingerprint density at radius 2 is 1.97 bits per heavy atom. The molecule has 0 saturated heterocycles. The molecule has 206 valence electrons. The monoisotopic (exact) mass is 525 g/mol. The van der Waals surface area contributed by atoms with Gasteiger partial charge in [-0.05, 0) is 60.7 Å². The average molecular weight is 526 g/mol. The lowest BCUT2D eigenvalue weighted by Gasteiger charge is -2.26. The number of carbonyl (C=O) groups excluding carboxylic acids is 2. The van der Waals surface area contributed by atoms with Crippen LogP contribution in [0.5, 0.6) is 0 Å². The zero-order valence-corrected chi connectivity index (χ0v) is 22.8. The molecule has 2 rings (SSSR count). The molecule has 4 unspecified atom stereocenters. The van der Waals surface area contributed by atoms with Gasteiger partial charge >= 0.3 is 0 Å². The van der Waals surface area contributed by atoms with Crippen LogP contribution in [0.25, 0.3) is 11.1 Å². The molecule has 0 aliphatic rings. The molecule has 0 radical (unpaired) electrons. The van der Waals surface area contributed by atoms with Gasteiger partial charge in [0.1, 0.15) is 24.2 Å². The number of hydrogen-bond donors (Lipinski definition) is 2. The van der Waals surface area contributed by atoms with E-state index in [4.69, 9.17) is 9.47 Å². The van der Waals surface area contributed by atoms with E-state index in [1.165, 1.54) is 6.07 Å². The molecule has 0 spiro atoms.